The maximum atomic E-state index is 13.4. The molecule has 1 amide bonds. The summed E-state index contributed by atoms with van der Waals surface area (Å²) in [5.74, 6) is -7.13. The van der Waals surface area contributed by atoms with E-state index in [1.807, 2.05) is 0 Å². The zero-order chi connectivity index (χ0) is 15.7. The monoisotopic (exact) mass is 301 g/mol. The molecule has 1 heterocycles. The van der Waals surface area contributed by atoms with Crippen LogP contribution in [0.3, 0.4) is 0 Å². The Labute approximate surface area is 119 Å². The summed E-state index contributed by atoms with van der Waals surface area (Å²) >= 11 is 0. The van der Waals surface area contributed by atoms with Crippen molar-refractivity contribution >= 4 is 11.9 Å². The molecule has 2 rings (SSSR count). The zero-order valence-corrected chi connectivity index (χ0v) is 11.3. The number of halogens is 3. The van der Waals surface area contributed by atoms with Gasteiger partial charge in [0.05, 0.1) is 12.0 Å². The highest BCUT2D eigenvalue weighted by Gasteiger charge is 2.44. The third-order valence-electron chi connectivity index (χ3n) is 3.56. The Kier molecular flexibility index (Phi) is 4.20. The van der Waals surface area contributed by atoms with E-state index in [4.69, 9.17) is 0 Å². The maximum Gasteiger partial charge on any atom is 0.309 e. The number of hydrogen-bond acceptors (Lipinski definition) is 2. The van der Waals surface area contributed by atoms with Gasteiger partial charge in [0.1, 0.15) is 0 Å². The number of carbonyl (C=O) groups is 2. The summed E-state index contributed by atoms with van der Waals surface area (Å²) < 4.78 is 39.8. The topological polar surface area (TPSA) is 57.6 Å². The van der Waals surface area contributed by atoms with E-state index >= 15 is 0 Å². The van der Waals surface area contributed by atoms with Gasteiger partial charge < -0.3 is 10.0 Å². The lowest BCUT2D eigenvalue weighted by Crippen LogP contribution is -2.31. The molecule has 1 aliphatic rings. The molecule has 4 nitrogen and oxygen atoms in total. The van der Waals surface area contributed by atoms with Crippen molar-refractivity contribution in [2.24, 2.45) is 5.92 Å². The second kappa shape index (κ2) is 5.75. The number of aliphatic carboxylic acids is 1. The first-order chi connectivity index (χ1) is 9.86. The summed E-state index contributed by atoms with van der Waals surface area (Å²) in [5.41, 5.74) is -0.0434. The van der Waals surface area contributed by atoms with Crippen LogP contribution in [0.2, 0.25) is 0 Å². The van der Waals surface area contributed by atoms with Crippen LogP contribution in [-0.4, -0.2) is 28.4 Å². The molecule has 1 aliphatic heterocycles. The Morgan fingerprint density at radius 3 is 2.38 bits per heavy atom. The van der Waals surface area contributed by atoms with E-state index in [0.717, 1.165) is 12.1 Å². The fourth-order valence-electron chi connectivity index (χ4n) is 2.67. The molecule has 21 heavy (non-hydrogen) atoms. The van der Waals surface area contributed by atoms with Gasteiger partial charge in [0.2, 0.25) is 5.91 Å². The van der Waals surface area contributed by atoms with Crippen molar-refractivity contribution < 1.29 is 27.9 Å². The summed E-state index contributed by atoms with van der Waals surface area (Å²) in [4.78, 5) is 24.5. The molecule has 1 N–H and O–H groups in total. The van der Waals surface area contributed by atoms with E-state index in [9.17, 15) is 27.9 Å². The highest BCUT2D eigenvalue weighted by molar-refractivity contribution is 5.87. The number of benzene rings is 1. The molecule has 1 saturated heterocycles. The summed E-state index contributed by atoms with van der Waals surface area (Å²) in [7, 11) is 0. The molecule has 2 atom stereocenters. The normalized spacial score (nSPS) is 21.9. The van der Waals surface area contributed by atoms with Crippen LogP contribution in [0.5, 0.6) is 0 Å². The van der Waals surface area contributed by atoms with Crippen LogP contribution in [-0.2, 0) is 9.59 Å². The van der Waals surface area contributed by atoms with Crippen LogP contribution in [0, 0.1) is 23.4 Å². The first-order valence-corrected chi connectivity index (χ1v) is 6.53. The number of amides is 1. The van der Waals surface area contributed by atoms with E-state index in [1.54, 1.807) is 6.92 Å². The van der Waals surface area contributed by atoms with E-state index < -0.39 is 35.4 Å². The van der Waals surface area contributed by atoms with Gasteiger partial charge in [-0.05, 0) is 24.1 Å². The Balaban J connectivity index is 2.49. The lowest BCUT2D eigenvalue weighted by Gasteiger charge is -2.27. The van der Waals surface area contributed by atoms with Gasteiger partial charge in [-0.3, -0.25) is 9.59 Å². The van der Waals surface area contributed by atoms with Gasteiger partial charge in [-0.25, -0.2) is 13.2 Å². The molecular formula is C14H14F3NO3. The van der Waals surface area contributed by atoms with E-state index in [1.165, 1.54) is 4.90 Å². The van der Waals surface area contributed by atoms with Gasteiger partial charge in [-0.1, -0.05) is 6.92 Å². The fraction of sp³-hybridized carbons (Fsp3) is 0.429. The molecule has 0 radical (unpaired) electrons. The quantitative estimate of drug-likeness (QED) is 0.869. The van der Waals surface area contributed by atoms with Crippen LogP contribution in [0.25, 0.3) is 0 Å². The molecular weight excluding hydrogens is 287 g/mol. The van der Waals surface area contributed by atoms with Gasteiger partial charge in [0, 0.05) is 13.0 Å². The van der Waals surface area contributed by atoms with Crippen molar-refractivity contribution in [1.29, 1.82) is 0 Å². The number of rotatable bonds is 4. The summed E-state index contributed by atoms with van der Waals surface area (Å²) in [6, 6.07) is 0.514. The maximum absolute atomic E-state index is 13.4. The average Bonchev–Trinajstić information content (AvgIpc) is 2.74. The van der Waals surface area contributed by atoms with Crippen LogP contribution in [0.1, 0.15) is 31.4 Å². The van der Waals surface area contributed by atoms with Crippen molar-refractivity contribution in [3.8, 4) is 0 Å². The van der Waals surface area contributed by atoms with E-state index in [2.05, 4.69) is 0 Å². The number of likely N-dealkylation sites (tertiary alicyclic amines) is 1. The Bertz CT molecular complexity index is 568. The summed E-state index contributed by atoms with van der Waals surface area (Å²) in [6.07, 6.45) is 0.335. The molecule has 1 fully saturated rings. The SMILES string of the molecule is CCCN1C(=O)CC(C(=O)O)C1c1cc(F)c(F)c(F)c1. The van der Waals surface area contributed by atoms with Gasteiger partial charge in [-0.2, -0.15) is 0 Å². The first kappa shape index (κ1) is 15.3. The Hall–Kier alpha value is -2.05. The number of hydrogen-bond donors (Lipinski definition) is 1. The predicted molar refractivity (Wildman–Crippen MR) is 66.8 cm³/mol. The molecule has 0 bridgehead atoms. The molecule has 0 aromatic heterocycles. The Morgan fingerprint density at radius 1 is 1.33 bits per heavy atom. The standard InChI is InChI=1S/C14H14F3NO3/c1-2-3-18-11(19)6-8(14(20)21)13(18)7-4-9(15)12(17)10(16)5-7/h4-5,8,13H,2-3,6H2,1H3,(H,20,21). The summed E-state index contributed by atoms with van der Waals surface area (Å²) in [5, 5.41) is 9.20. The zero-order valence-electron chi connectivity index (χ0n) is 11.3. The summed E-state index contributed by atoms with van der Waals surface area (Å²) in [6.45, 7) is 2.07. The largest absolute Gasteiger partial charge is 0.481 e. The molecule has 0 aliphatic carbocycles. The average molecular weight is 301 g/mol. The van der Waals surface area contributed by atoms with Crippen LogP contribution < -0.4 is 0 Å². The number of carboxylic acids is 1. The second-order valence-electron chi connectivity index (χ2n) is 4.98. The van der Waals surface area contributed by atoms with E-state index in [0.29, 0.717) is 6.42 Å². The van der Waals surface area contributed by atoms with Crippen LogP contribution in [0.4, 0.5) is 13.2 Å². The van der Waals surface area contributed by atoms with Crippen molar-refractivity contribution in [2.45, 2.75) is 25.8 Å². The van der Waals surface area contributed by atoms with Crippen molar-refractivity contribution in [1.82, 2.24) is 4.90 Å². The van der Waals surface area contributed by atoms with Gasteiger partial charge in [0.25, 0.3) is 0 Å². The third-order valence-corrected chi connectivity index (χ3v) is 3.56. The van der Waals surface area contributed by atoms with Crippen molar-refractivity contribution in [3.63, 3.8) is 0 Å². The van der Waals surface area contributed by atoms with Crippen LogP contribution in [0.15, 0.2) is 12.1 Å². The highest BCUT2D eigenvalue weighted by atomic mass is 19.2. The molecule has 114 valence electrons. The number of nitrogens with zero attached hydrogens (tertiary/aromatic N) is 1. The predicted octanol–water partition coefficient (Wildman–Crippen LogP) is 2.49. The van der Waals surface area contributed by atoms with Crippen molar-refractivity contribution in [2.75, 3.05) is 6.54 Å². The minimum atomic E-state index is -1.61. The number of carbonyl (C=O) groups excluding carboxylic acids is 1. The smallest absolute Gasteiger partial charge is 0.309 e. The molecule has 0 saturated carbocycles. The molecule has 7 heteroatoms. The van der Waals surface area contributed by atoms with Crippen LogP contribution >= 0.6 is 0 Å². The van der Waals surface area contributed by atoms with Crippen molar-refractivity contribution in [3.05, 3.63) is 35.1 Å². The minimum Gasteiger partial charge on any atom is -0.481 e. The van der Waals surface area contributed by atoms with Gasteiger partial charge >= 0.3 is 5.97 Å². The number of carboxylic acid groups (broad SMARTS) is 1. The lowest BCUT2D eigenvalue weighted by molar-refractivity contribution is -0.142. The molecule has 2 unspecified atom stereocenters. The third kappa shape index (κ3) is 2.72. The fourth-order valence-corrected chi connectivity index (χ4v) is 2.67. The first-order valence-electron chi connectivity index (χ1n) is 6.53. The molecule has 1 aromatic rings. The van der Waals surface area contributed by atoms with Gasteiger partial charge in [-0.15, -0.1) is 0 Å². The lowest BCUT2D eigenvalue weighted by atomic mass is 9.93. The molecule has 1 aromatic carbocycles. The molecule has 0 spiro atoms. The minimum absolute atomic E-state index is 0.0434. The second-order valence-corrected chi connectivity index (χ2v) is 4.98. The van der Waals surface area contributed by atoms with Gasteiger partial charge in [0.15, 0.2) is 17.5 Å². The van der Waals surface area contributed by atoms with E-state index in [-0.39, 0.29) is 24.4 Å². The Morgan fingerprint density at radius 2 is 1.90 bits per heavy atom. The highest BCUT2D eigenvalue weighted by Crippen LogP contribution is 2.39.